The maximum absolute atomic E-state index is 12.5. The van der Waals surface area contributed by atoms with Gasteiger partial charge in [0.1, 0.15) is 5.82 Å². The molecule has 2 saturated heterocycles. The number of likely N-dealkylation sites (tertiary alicyclic amines) is 1. The molecule has 0 bridgehead atoms. The molecule has 0 unspecified atom stereocenters. The Kier molecular flexibility index (Phi) is 5.81. The molecule has 1 aromatic rings. The Hall–Kier alpha value is -1.82. The van der Waals surface area contributed by atoms with E-state index in [0.717, 1.165) is 75.6 Å². The molecule has 2 aliphatic heterocycles. The molecule has 6 heteroatoms. The Morgan fingerprint density at radius 3 is 2.44 bits per heavy atom. The van der Waals surface area contributed by atoms with Gasteiger partial charge in [-0.3, -0.25) is 4.90 Å². The van der Waals surface area contributed by atoms with Crippen LogP contribution in [0.1, 0.15) is 45.4 Å². The lowest BCUT2D eigenvalue weighted by Crippen LogP contribution is -2.50. The Morgan fingerprint density at radius 2 is 1.74 bits per heavy atom. The predicted molar refractivity (Wildman–Crippen MR) is 109 cm³/mol. The van der Waals surface area contributed by atoms with Gasteiger partial charge in [0.15, 0.2) is 0 Å². The number of anilines is 2. The number of pyridine rings is 1. The second-order valence-electron chi connectivity index (χ2n) is 8.46. The minimum atomic E-state index is 0.0186. The third-order valence-corrected chi connectivity index (χ3v) is 6.55. The molecule has 1 N–H and O–H groups in total. The van der Waals surface area contributed by atoms with Crippen LogP contribution in [-0.2, 0) is 0 Å². The maximum Gasteiger partial charge on any atom is 0.321 e. The highest BCUT2D eigenvalue weighted by Gasteiger charge is 2.26. The van der Waals surface area contributed by atoms with Gasteiger partial charge in [-0.05, 0) is 37.7 Å². The van der Waals surface area contributed by atoms with Gasteiger partial charge in [-0.1, -0.05) is 19.8 Å². The maximum atomic E-state index is 12.5. The lowest BCUT2D eigenvalue weighted by molar-refractivity contribution is 0.186. The van der Waals surface area contributed by atoms with Crippen LogP contribution in [0.4, 0.5) is 16.3 Å². The van der Waals surface area contributed by atoms with Gasteiger partial charge in [0, 0.05) is 63.3 Å². The highest BCUT2D eigenvalue weighted by Crippen LogP contribution is 2.26. The molecule has 2 amide bonds. The first-order chi connectivity index (χ1) is 13.2. The third-order valence-electron chi connectivity index (χ3n) is 6.55. The van der Waals surface area contributed by atoms with Crippen LogP contribution in [0.3, 0.4) is 0 Å². The minimum Gasteiger partial charge on any atom is -0.354 e. The van der Waals surface area contributed by atoms with Crippen LogP contribution in [0.5, 0.6) is 0 Å². The largest absolute Gasteiger partial charge is 0.354 e. The normalized spacial score (nSPS) is 23.0. The number of rotatable bonds is 3. The molecule has 27 heavy (non-hydrogen) atoms. The topological polar surface area (TPSA) is 51.7 Å². The van der Waals surface area contributed by atoms with Crippen molar-refractivity contribution in [3.63, 3.8) is 0 Å². The second kappa shape index (κ2) is 8.46. The van der Waals surface area contributed by atoms with Gasteiger partial charge >= 0.3 is 6.03 Å². The van der Waals surface area contributed by atoms with E-state index >= 15 is 0 Å². The summed E-state index contributed by atoms with van der Waals surface area (Å²) in [6, 6.07) is 4.74. The molecule has 148 valence electrons. The van der Waals surface area contributed by atoms with E-state index in [1.54, 1.807) is 0 Å². The van der Waals surface area contributed by atoms with Gasteiger partial charge in [0.25, 0.3) is 0 Å². The van der Waals surface area contributed by atoms with E-state index in [2.05, 4.69) is 27.0 Å². The van der Waals surface area contributed by atoms with Crippen LogP contribution in [0.25, 0.3) is 0 Å². The number of carbonyl (C=O) groups is 1. The van der Waals surface area contributed by atoms with E-state index < -0.39 is 0 Å². The number of nitrogens with zero attached hydrogens (tertiary/aromatic N) is 4. The molecule has 3 heterocycles. The molecule has 0 radical (unpaired) electrons. The van der Waals surface area contributed by atoms with Gasteiger partial charge in [-0.2, -0.15) is 0 Å². The SMILES string of the molecule is CC1CCN(C(=O)Nc2ccnc(N3CCN(C4CCCC4)CC3)c2)CC1. The zero-order chi connectivity index (χ0) is 18.6. The number of piperidine rings is 1. The summed E-state index contributed by atoms with van der Waals surface area (Å²) in [7, 11) is 0. The number of hydrogen-bond acceptors (Lipinski definition) is 4. The molecule has 4 rings (SSSR count). The Labute approximate surface area is 162 Å². The molecular formula is C21H33N5O. The van der Waals surface area contributed by atoms with Gasteiger partial charge < -0.3 is 15.1 Å². The number of nitrogens with one attached hydrogen (secondary N) is 1. The fraction of sp³-hybridized carbons (Fsp3) is 0.714. The molecule has 1 saturated carbocycles. The summed E-state index contributed by atoms with van der Waals surface area (Å²) in [5.74, 6) is 1.70. The highest BCUT2D eigenvalue weighted by atomic mass is 16.2. The number of aromatic nitrogens is 1. The van der Waals surface area contributed by atoms with Crippen LogP contribution < -0.4 is 10.2 Å². The van der Waals surface area contributed by atoms with Gasteiger partial charge in [0.2, 0.25) is 0 Å². The van der Waals surface area contributed by atoms with Crippen molar-refractivity contribution >= 4 is 17.5 Å². The van der Waals surface area contributed by atoms with Gasteiger partial charge in [0.05, 0.1) is 0 Å². The van der Waals surface area contributed by atoms with Crippen molar-refractivity contribution < 1.29 is 4.79 Å². The molecule has 0 aromatic carbocycles. The fourth-order valence-electron chi connectivity index (χ4n) is 4.67. The van der Waals surface area contributed by atoms with E-state index in [9.17, 15) is 4.79 Å². The van der Waals surface area contributed by atoms with Crippen LogP contribution >= 0.6 is 0 Å². The lowest BCUT2D eigenvalue weighted by atomic mass is 10.00. The summed E-state index contributed by atoms with van der Waals surface area (Å²) in [5, 5.41) is 3.07. The first-order valence-electron chi connectivity index (χ1n) is 10.7. The minimum absolute atomic E-state index is 0.0186. The average molecular weight is 372 g/mol. The zero-order valence-corrected chi connectivity index (χ0v) is 16.6. The monoisotopic (exact) mass is 371 g/mol. The average Bonchev–Trinajstić information content (AvgIpc) is 3.24. The van der Waals surface area contributed by atoms with Crippen molar-refractivity contribution in [2.45, 2.75) is 51.5 Å². The first kappa shape index (κ1) is 18.5. The molecule has 3 fully saturated rings. The van der Waals surface area contributed by atoms with Crippen molar-refractivity contribution in [3.8, 4) is 0 Å². The fourth-order valence-corrected chi connectivity index (χ4v) is 4.67. The van der Waals surface area contributed by atoms with E-state index in [0.29, 0.717) is 0 Å². The van der Waals surface area contributed by atoms with Crippen molar-refractivity contribution in [2.24, 2.45) is 5.92 Å². The number of carbonyl (C=O) groups excluding carboxylic acids is 1. The van der Waals surface area contributed by atoms with Crippen LogP contribution in [0, 0.1) is 5.92 Å². The summed E-state index contributed by atoms with van der Waals surface area (Å²) in [4.78, 5) is 24.0. The summed E-state index contributed by atoms with van der Waals surface area (Å²) >= 11 is 0. The molecule has 0 spiro atoms. The molecular weight excluding hydrogens is 338 g/mol. The number of hydrogen-bond donors (Lipinski definition) is 1. The van der Waals surface area contributed by atoms with Gasteiger partial charge in [-0.15, -0.1) is 0 Å². The number of amides is 2. The van der Waals surface area contributed by atoms with E-state index in [1.807, 2.05) is 23.2 Å². The third kappa shape index (κ3) is 4.54. The quantitative estimate of drug-likeness (QED) is 0.885. The Balaban J connectivity index is 1.32. The lowest BCUT2D eigenvalue weighted by Gasteiger charge is -2.38. The Morgan fingerprint density at radius 1 is 1.04 bits per heavy atom. The number of urea groups is 1. The summed E-state index contributed by atoms with van der Waals surface area (Å²) < 4.78 is 0. The van der Waals surface area contributed by atoms with Crippen LogP contribution in [0.15, 0.2) is 18.3 Å². The smallest absolute Gasteiger partial charge is 0.321 e. The Bertz CT molecular complexity index is 629. The van der Waals surface area contributed by atoms with E-state index in [-0.39, 0.29) is 6.03 Å². The summed E-state index contributed by atoms with van der Waals surface area (Å²) in [6.07, 6.45) is 9.53. The van der Waals surface area contributed by atoms with E-state index in [1.165, 1.54) is 25.7 Å². The predicted octanol–water partition coefficient (Wildman–Crippen LogP) is 3.41. The molecule has 3 aliphatic rings. The van der Waals surface area contributed by atoms with Crippen LogP contribution in [-0.4, -0.2) is 66.1 Å². The molecule has 0 atom stereocenters. The van der Waals surface area contributed by atoms with Crippen molar-refractivity contribution in [1.82, 2.24) is 14.8 Å². The first-order valence-corrected chi connectivity index (χ1v) is 10.7. The van der Waals surface area contributed by atoms with Crippen molar-refractivity contribution in [3.05, 3.63) is 18.3 Å². The van der Waals surface area contributed by atoms with Crippen molar-refractivity contribution in [2.75, 3.05) is 49.5 Å². The van der Waals surface area contributed by atoms with E-state index in [4.69, 9.17) is 0 Å². The summed E-state index contributed by atoms with van der Waals surface area (Å²) in [6.45, 7) is 8.25. The zero-order valence-electron chi connectivity index (χ0n) is 16.6. The van der Waals surface area contributed by atoms with Crippen molar-refractivity contribution in [1.29, 1.82) is 0 Å². The molecule has 1 aromatic heterocycles. The van der Waals surface area contributed by atoms with Gasteiger partial charge in [-0.25, -0.2) is 9.78 Å². The molecule has 6 nitrogen and oxygen atoms in total. The van der Waals surface area contributed by atoms with Crippen LogP contribution in [0.2, 0.25) is 0 Å². The highest BCUT2D eigenvalue weighted by molar-refractivity contribution is 5.89. The molecule has 1 aliphatic carbocycles. The number of piperazine rings is 1. The second-order valence-corrected chi connectivity index (χ2v) is 8.46. The summed E-state index contributed by atoms with van der Waals surface area (Å²) in [5.41, 5.74) is 0.849. The standard InChI is InChI=1S/C21H33N5O/c1-17-7-10-26(11-8-17)21(27)23-18-6-9-22-20(16-18)25-14-12-24(13-15-25)19-4-2-3-5-19/h6,9,16-17,19H,2-5,7-8,10-15H2,1H3,(H,22,23,27).